The smallest absolute Gasteiger partial charge is 0.0540 e. The van der Waals surface area contributed by atoms with Crippen molar-refractivity contribution in [3.05, 3.63) is 211 Å². The van der Waals surface area contributed by atoms with Gasteiger partial charge in [-0.2, -0.15) is 0 Å². The van der Waals surface area contributed by atoms with Crippen LogP contribution >= 0.6 is 11.3 Å². The van der Waals surface area contributed by atoms with E-state index in [2.05, 4.69) is 239 Å². The fraction of sp³-hybridized carbons (Fsp3) is 0.167. The highest BCUT2D eigenvalue weighted by molar-refractivity contribution is 7.27. The Hall–Kier alpha value is -6.68. The minimum Gasteiger partial charge on any atom is -0.310 e. The van der Waals surface area contributed by atoms with E-state index in [0.29, 0.717) is 5.92 Å². The maximum Gasteiger partial charge on any atom is 0.0540 e. The predicted molar refractivity (Wildman–Crippen MR) is 275 cm³/mol. The maximum absolute atomic E-state index is 2.48. The Bertz CT molecular complexity index is 3370. The summed E-state index contributed by atoms with van der Waals surface area (Å²) < 4.78 is 2.62. The van der Waals surface area contributed by atoms with Crippen LogP contribution in [0.4, 0.5) is 28.4 Å². The van der Waals surface area contributed by atoms with Crippen LogP contribution in [-0.2, 0) is 10.8 Å². The summed E-state index contributed by atoms with van der Waals surface area (Å²) in [4.78, 5) is 4.93. The summed E-state index contributed by atoms with van der Waals surface area (Å²) in [5, 5.41) is 10.2. The average molecular weight is 833 g/mol. The van der Waals surface area contributed by atoms with Gasteiger partial charge < -0.3 is 9.80 Å². The van der Waals surface area contributed by atoms with Gasteiger partial charge in [0.05, 0.1) is 5.69 Å². The predicted octanol–water partition coefficient (Wildman–Crippen LogP) is 17.7. The number of hydrogen-bond acceptors (Lipinski definition) is 3. The number of rotatable bonds is 6. The number of allylic oxidation sites excluding steroid dienone is 7. The molecule has 11 rings (SSSR count). The average Bonchev–Trinajstić information content (AvgIpc) is 3.69. The topological polar surface area (TPSA) is 6.48 Å². The summed E-state index contributed by atoms with van der Waals surface area (Å²) in [5.41, 5.74) is 11.2. The Labute approximate surface area is 375 Å². The second-order valence-corrected chi connectivity index (χ2v) is 20.4. The molecule has 2 aliphatic rings. The van der Waals surface area contributed by atoms with Gasteiger partial charge in [-0.05, 0) is 116 Å². The normalized spacial score (nSPS) is 15.3. The highest BCUT2D eigenvalue weighted by atomic mass is 32.1. The van der Waals surface area contributed by atoms with E-state index in [1.54, 1.807) is 0 Å². The fourth-order valence-corrected chi connectivity index (χ4v) is 11.2. The SMILES string of the molecule is CC(C)(C)c1ccc(N(C2=C3C=CC=CC3CC=C2)c2ccc3c(c2)sc2c4ccc(N(c5ccc(C(C)(C)C)cc5)c5cccc6ccccc56)cc4c4ccccc4c32)cc1. The first-order chi connectivity index (χ1) is 30.5. The molecule has 8 aromatic carbocycles. The van der Waals surface area contributed by atoms with Crippen molar-refractivity contribution >= 4 is 92.3 Å². The van der Waals surface area contributed by atoms with E-state index >= 15 is 0 Å². The van der Waals surface area contributed by atoms with E-state index in [9.17, 15) is 0 Å². The van der Waals surface area contributed by atoms with Crippen LogP contribution in [-0.4, -0.2) is 0 Å². The molecular weight excluding hydrogens is 781 g/mol. The molecule has 0 fully saturated rings. The van der Waals surface area contributed by atoms with E-state index in [1.807, 2.05) is 11.3 Å². The minimum atomic E-state index is 0.0646. The molecule has 0 bridgehead atoms. The van der Waals surface area contributed by atoms with Gasteiger partial charge >= 0.3 is 0 Å². The van der Waals surface area contributed by atoms with Crippen molar-refractivity contribution in [2.24, 2.45) is 5.92 Å². The Kier molecular flexibility index (Phi) is 9.33. The first kappa shape index (κ1) is 39.2. The van der Waals surface area contributed by atoms with Gasteiger partial charge in [0.25, 0.3) is 0 Å². The summed E-state index contributed by atoms with van der Waals surface area (Å²) in [6.07, 6.45) is 14.7. The van der Waals surface area contributed by atoms with Crippen molar-refractivity contribution in [3.8, 4) is 0 Å². The van der Waals surface area contributed by atoms with Crippen LogP contribution in [0, 0.1) is 5.92 Å². The molecule has 308 valence electrons. The molecule has 63 heavy (non-hydrogen) atoms. The van der Waals surface area contributed by atoms with Gasteiger partial charge in [0.15, 0.2) is 0 Å². The van der Waals surface area contributed by atoms with Crippen molar-refractivity contribution in [1.29, 1.82) is 0 Å². The van der Waals surface area contributed by atoms with Gasteiger partial charge in [0.1, 0.15) is 0 Å². The van der Waals surface area contributed by atoms with Crippen LogP contribution in [0.2, 0.25) is 0 Å². The molecule has 2 aliphatic carbocycles. The van der Waals surface area contributed by atoms with Crippen LogP contribution in [0.3, 0.4) is 0 Å². The zero-order valence-corrected chi connectivity index (χ0v) is 37.8. The highest BCUT2D eigenvalue weighted by Crippen LogP contribution is 2.49. The van der Waals surface area contributed by atoms with Crippen molar-refractivity contribution < 1.29 is 0 Å². The zero-order valence-electron chi connectivity index (χ0n) is 37.0. The lowest BCUT2D eigenvalue weighted by molar-refractivity contribution is 0.590. The van der Waals surface area contributed by atoms with Gasteiger partial charge in [0, 0.05) is 65.3 Å². The third kappa shape index (κ3) is 6.78. The summed E-state index contributed by atoms with van der Waals surface area (Å²) in [6, 6.07) is 57.1. The third-order valence-electron chi connectivity index (χ3n) is 13.2. The highest BCUT2D eigenvalue weighted by Gasteiger charge is 2.26. The van der Waals surface area contributed by atoms with Crippen molar-refractivity contribution in [3.63, 3.8) is 0 Å². The van der Waals surface area contributed by atoms with Crippen LogP contribution in [0.15, 0.2) is 199 Å². The second-order valence-electron chi connectivity index (χ2n) is 19.4. The number of anilines is 5. The molecule has 1 heterocycles. The van der Waals surface area contributed by atoms with Crippen LogP contribution < -0.4 is 9.80 Å². The summed E-state index contributed by atoms with van der Waals surface area (Å²) in [5.74, 6) is 0.376. The molecular formula is C60H52N2S. The van der Waals surface area contributed by atoms with Crippen LogP contribution in [0.5, 0.6) is 0 Å². The number of thiophene rings is 1. The number of fused-ring (bicyclic) bond motifs is 10. The number of hydrogen-bond donors (Lipinski definition) is 0. The van der Waals surface area contributed by atoms with E-state index < -0.39 is 0 Å². The second kappa shape index (κ2) is 15.0. The first-order valence-corrected chi connectivity index (χ1v) is 23.2. The van der Waals surface area contributed by atoms with Crippen molar-refractivity contribution in [2.75, 3.05) is 9.80 Å². The summed E-state index contributed by atoms with van der Waals surface area (Å²) in [7, 11) is 0. The lowest BCUT2D eigenvalue weighted by atomic mass is 9.85. The van der Waals surface area contributed by atoms with E-state index in [1.165, 1.54) is 91.9 Å². The van der Waals surface area contributed by atoms with Gasteiger partial charge in [-0.3, -0.25) is 0 Å². The summed E-state index contributed by atoms with van der Waals surface area (Å²) in [6.45, 7) is 13.7. The molecule has 1 unspecified atom stereocenters. The molecule has 0 saturated carbocycles. The molecule has 1 aromatic heterocycles. The fourth-order valence-electron chi connectivity index (χ4n) is 9.88. The lowest BCUT2D eigenvalue weighted by Crippen LogP contribution is -2.21. The number of benzene rings is 8. The standard InChI is InChI=1S/C60H52N2S/c1-59(2,3)41-25-29-43(30-26-41)61(54-23-13-17-39-15-7-9-19-47(39)54)45-33-35-51-53(37-45)49-21-11-12-22-50(49)57-52-36-34-46(38-56(52)63-58(51)57)62(44-31-27-42(28-32-44)60(4,5)6)55-24-14-18-40-16-8-10-20-48(40)55/h7-17,19-38,40H,18H2,1-6H3. The Morgan fingerprint density at radius 1 is 0.492 bits per heavy atom. The third-order valence-corrected chi connectivity index (χ3v) is 14.4. The van der Waals surface area contributed by atoms with E-state index in [-0.39, 0.29) is 10.8 Å². The van der Waals surface area contributed by atoms with E-state index in [4.69, 9.17) is 0 Å². The first-order valence-electron chi connectivity index (χ1n) is 22.4. The van der Waals surface area contributed by atoms with Gasteiger partial charge in [-0.15, -0.1) is 11.3 Å². The molecule has 2 nitrogen and oxygen atoms in total. The maximum atomic E-state index is 2.48. The molecule has 0 saturated heterocycles. The Balaban J connectivity index is 1.11. The van der Waals surface area contributed by atoms with Crippen molar-refractivity contribution in [1.82, 2.24) is 0 Å². The van der Waals surface area contributed by atoms with Crippen LogP contribution in [0.25, 0.3) is 52.5 Å². The molecule has 1 atom stereocenters. The van der Waals surface area contributed by atoms with Crippen LogP contribution in [0.1, 0.15) is 59.1 Å². The molecule has 0 aliphatic heterocycles. The Morgan fingerprint density at radius 2 is 1.10 bits per heavy atom. The van der Waals surface area contributed by atoms with Gasteiger partial charge in [-0.25, -0.2) is 0 Å². The molecule has 0 spiro atoms. The molecule has 0 radical (unpaired) electrons. The quantitative estimate of drug-likeness (QED) is 0.154. The van der Waals surface area contributed by atoms with Gasteiger partial charge in [-0.1, -0.05) is 169 Å². The molecule has 0 N–H and O–H groups in total. The lowest BCUT2D eigenvalue weighted by Gasteiger charge is -2.33. The largest absolute Gasteiger partial charge is 0.310 e. The molecule has 0 amide bonds. The molecule has 3 heteroatoms. The van der Waals surface area contributed by atoms with Crippen molar-refractivity contribution in [2.45, 2.75) is 58.8 Å². The van der Waals surface area contributed by atoms with E-state index in [0.717, 1.165) is 17.8 Å². The number of nitrogens with zero attached hydrogens (tertiary/aromatic N) is 2. The Morgan fingerprint density at radius 3 is 1.81 bits per heavy atom. The van der Waals surface area contributed by atoms with Gasteiger partial charge in [0.2, 0.25) is 0 Å². The summed E-state index contributed by atoms with van der Waals surface area (Å²) >= 11 is 1.92. The zero-order chi connectivity index (χ0) is 43.0. The monoisotopic (exact) mass is 832 g/mol. The minimum absolute atomic E-state index is 0.0646. The molecule has 9 aromatic rings.